The number of hydrogen-bond donors (Lipinski definition) is 1. The topological polar surface area (TPSA) is 52.0 Å². The van der Waals surface area contributed by atoms with Gasteiger partial charge in [-0.25, -0.2) is 4.68 Å². The van der Waals surface area contributed by atoms with Gasteiger partial charge in [0, 0.05) is 21.2 Å². The van der Waals surface area contributed by atoms with Crippen LogP contribution in [-0.2, 0) is 0 Å². The van der Waals surface area contributed by atoms with Crippen molar-refractivity contribution in [2.45, 2.75) is 19.1 Å². The number of nitrogens with zero attached hydrogens (tertiary/aromatic N) is 3. The highest BCUT2D eigenvalue weighted by Crippen LogP contribution is 2.50. The summed E-state index contributed by atoms with van der Waals surface area (Å²) in [5, 5.41) is 9.43. The van der Waals surface area contributed by atoms with Crippen molar-refractivity contribution in [1.82, 2.24) is 14.8 Å². The Morgan fingerprint density at radius 3 is 2.31 bits per heavy atom. The van der Waals surface area contributed by atoms with Gasteiger partial charge < -0.3 is 10.1 Å². The predicted octanol–water partition coefficient (Wildman–Crippen LogP) is 6.45. The van der Waals surface area contributed by atoms with Gasteiger partial charge in [-0.3, -0.25) is 0 Å². The van der Waals surface area contributed by atoms with Crippen LogP contribution in [0.15, 0.2) is 78.6 Å². The van der Waals surface area contributed by atoms with Crippen LogP contribution < -0.4 is 10.1 Å². The van der Waals surface area contributed by atoms with E-state index in [1.807, 2.05) is 59.3 Å². The number of fused-ring (bicyclic) bond motifs is 3. The van der Waals surface area contributed by atoms with Crippen LogP contribution in [0.2, 0.25) is 10.0 Å². The zero-order valence-corrected chi connectivity index (χ0v) is 18.6. The largest absolute Gasteiger partial charge is 0.480 e. The lowest BCUT2D eigenvalue weighted by Gasteiger charge is -2.39. The molecule has 6 rings (SSSR count). The average molecular weight is 461 g/mol. The molecule has 158 valence electrons. The molecule has 0 amide bonds. The van der Waals surface area contributed by atoms with Crippen molar-refractivity contribution in [2.24, 2.45) is 0 Å². The van der Waals surface area contributed by atoms with E-state index in [0.717, 1.165) is 39.3 Å². The van der Waals surface area contributed by atoms with Gasteiger partial charge in [-0.05, 0) is 54.4 Å². The van der Waals surface area contributed by atoms with E-state index in [0.29, 0.717) is 16.0 Å². The molecule has 0 saturated heterocycles. The molecule has 0 bridgehead atoms. The minimum Gasteiger partial charge on any atom is -0.480 e. The first kappa shape index (κ1) is 19.4. The van der Waals surface area contributed by atoms with Gasteiger partial charge in [0.1, 0.15) is 24.2 Å². The van der Waals surface area contributed by atoms with Gasteiger partial charge in [0.2, 0.25) is 5.95 Å². The molecular weight excluding hydrogens is 443 g/mol. The Morgan fingerprint density at radius 1 is 0.906 bits per heavy atom. The number of aromatic nitrogens is 3. The minimum absolute atomic E-state index is 0.213. The molecule has 0 saturated carbocycles. The van der Waals surface area contributed by atoms with Crippen LogP contribution in [0.1, 0.15) is 34.4 Å². The molecule has 4 aromatic rings. The molecule has 2 unspecified atom stereocenters. The Labute approximate surface area is 195 Å². The summed E-state index contributed by atoms with van der Waals surface area (Å²) in [7, 11) is 0. The van der Waals surface area contributed by atoms with E-state index in [1.165, 1.54) is 0 Å². The van der Waals surface area contributed by atoms with Crippen LogP contribution >= 0.6 is 23.2 Å². The molecule has 2 atom stereocenters. The van der Waals surface area contributed by atoms with E-state index in [9.17, 15) is 0 Å². The number of aryl methyl sites for hydroxylation is 1. The Kier molecular flexibility index (Phi) is 4.49. The summed E-state index contributed by atoms with van der Waals surface area (Å²) in [6, 6.07) is 21.7. The van der Waals surface area contributed by atoms with Crippen molar-refractivity contribution in [3.8, 4) is 5.75 Å². The third-order valence-corrected chi connectivity index (χ3v) is 6.43. The summed E-state index contributed by atoms with van der Waals surface area (Å²) in [5.74, 6) is 1.51. The Morgan fingerprint density at radius 2 is 1.59 bits per heavy atom. The first-order chi connectivity index (χ1) is 15.6. The number of hydrogen-bond acceptors (Lipinski definition) is 4. The van der Waals surface area contributed by atoms with Crippen molar-refractivity contribution in [1.29, 1.82) is 0 Å². The SMILES string of the molecule is Cc1ccc2c(c1)C1=C(C(c3ccc(Cl)cc3)O2)C(c2ccc(Cl)cc2)n2ncnc2N1. The molecule has 7 heteroatoms. The maximum absolute atomic E-state index is 6.62. The molecule has 0 aliphatic carbocycles. The number of halogens is 2. The molecule has 32 heavy (non-hydrogen) atoms. The monoisotopic (exact) mass is 460 g/mol. The van der Waals surface area contributed by atoms with Crippen molar-refractivity contribution < 1.29 is 4.74 Å². The van der Waals surface area contributed by atoms with Gasteiger partial charge in [0.05, 0.1) is 5.70 Å². The van der Waals surface area contributed by atoms with Crippen LogP contribution in [0.25, 0.3) is 5.70 Å². The fraction of sp³-hybridized carbons (Fsp3) is 0.120. The number of benzene rings is 3. The van der Waals surface area contributed by atoms with Gasteiger partial charge in [0.15, 0.2) is 0 Å². The second-order valence-corrected chi connectivity index (χ2v) is 8.86. The van der Waals surface area contributed by atoms with Gasteiger partial charge in [-0.1, -0.05) is 59.1 Å². The van der Waals surface area contributed by atoms with E-state index >= 15 is 0 Å². The summed E-state index contributed by atoms with van der Waals surface area (Å²) in [4.78, 5) is 4.47. The third kappa shape index (κ3) is 3.08. The highest BCUT2D eigenvalue weighted by molar-refractivity contribution is 6.30. The lowest BCUT2D eigenvalue weighted by atomic mass is 9.84. The van der Waals surface area contributed by atoms with Crippen molar-refractivity contribution in [3.63, 3.8) is 0 Å². The van der Waals surface area contributed by atoms with Crippen molar-refractivity contribution >= 4 is 34.8 Å². The smallest absolute Gasteiger partial charge is 0.226 e. The second kappa shape index (κ2) is 7.40. The van der Waals surface area contributed by atoms with E-state index in [1.54, 1.807) is 6.33 Å². The number of ether oxygens (including phenoxy) is 1. The Bertz CT molecular complexity index is 1360. The molecule has 3 heterocycles. The predicted molar refractivity (Wildman–Crippen MR) is 126 cm³/mol. The highest BCUT2D eigenvalue weighted by Gasteiger charge is 2.40. The fourth-order valence-electron chi connectivity index (χ4n) is 4.46. The van der Waals surface area contributed by atoms with Crippen molar-refractivity contribution in [2.75, 3.05) is 5.32 Å². The Balaban J connectivity index is 1.63. The molecule has 0 fully saturated rings. The second-order valence-electron chi connectivity index (χ2n) is 7.99. The first-order valence-corrected chi connectivity index (χ1v) is 11.0. The first-order valence-electron chi connectivity index (χ1n) is 10.3. The van der Waals surface area contributed by atoms with Gasteiger partial charge >= 0.3 is 0 Å². The maximum Gasteiger partial charge on any atom is 0.226 e. The molecule has 2 aliphatic rings. The van der Waals surface area contributed by atoms with E-state index in [4.69, 9.17) is 27.9 Å². The van der Waals surface area contributed by atoms with E-state index < -0.39 is 0 Å². The highest BCUT2D eigenvalue weighted by atomic mass is 35.5. The third-order valence-electron chi connectivity index (χ3n) is 5.93. The lowest BCUT2D eigenvalue weighted by molar-refractivity contribution is 0.223. The zero-order chi connectivity index (χ0) is 21.8. The maximum atomic E-state index is 6.62. The Hall–Kier alpha value is -3.28. The molecular formula is C25H18Cl2N4O. The van der Waals surface area contributed by atoms with Crippen LogP contribution in [-0.4, -0.2) is 14.8 Å². The molecule has 1 N–H and O–H groups in total. The van der Waals surface area contributed by atoms with Gasteiger partial charge in [-0.2, -0.15) is 10.1 Å². The fourth-order valence-corrected chi connectivity index (χ4v) is 4.71. The molecule has 0 radical (unpaired) electrons. The van der Waals surface area contributed by atoms with Crippen LogP contribution in [0.3, 0.4) is 0 Å². The standard InChI is InChI=1S/C25H18Cl2N4O/c1-14-2-11-20-19(12-14)22-21(24(32-20)16-5-9-18(27)10-6-16)23(15-3-7-17(26)8-4-15)31-25(30-22)28-13-29-31/h2-13,23-24H,1H3,(H,28,29,30). The quantitative estimate of drug-likeness (QED) is 0.373. The summed E-state index contributed by atoms with van der Waals surface area (Å²) in [6.45, 7) is 2.08. The average Bonchev–Trinajstić information content (AvgIpc) is 3.27. The molecule has 1 aromatic heterocycles. The molecule has 5 nitrogen and oxygen atoms in total. The van der Waals surface area contributed by atoms with Gasteiger partial charge in [0.25, 0.3) is 0 Å². The normalized spacial score (nSPS) is 18.8. The lowest BCUT2D eigenvalue weighted by Crippen LogP contribution is -2.32. The summed E-state index contributed by atoms with van der Waals surface area (Å²) in [6.07, 6.45) is 1.24. The summed E-state index contributed by atoms with van der Waals surface area (Å²) >= 11 is 12.4. The minimum atomic E-state index is -0.331. The van der Waals surface area contributed by atoms with Gasteiger partial charge in [-0.15, -0.1) is 0 Å². The van der Waals surface area contributed by atoms with E-state index in [2.05, 4.69) is 34.5 Å². The van der Waals surface area contributed by atoms with Crippen LogP contribution in [0, 0.1) is 6.92 Å². The molecule has 3 aromatic carbocycles. The number of nitrogens with one attached hydrogen (secondary N) is 1. The summed E-state index contributed by atoms with van der Waals surface area (Å²) in [5.41, 5.74) is 6.28. The number of anilines is 1. The molecule has 0 spiro atoms. The number of rotatable bonds is 2. The molecule has 2 aliphatic heterocycles. The van der Waals surface area contributed by atoms with Crippen LogP contribution in [0.5, 0.6) is 5.75 Å². The zero-order valence-electron chi connectivity index (χ0n) is 17.1. The van der Waals surface area contributed by atoms with Crippen LogP contribution in [0.4, 0.5) is 5.95 Å². The van der Waals surface area contributed by atoms with Crippen molar-refractivity contribution in [3.05, 3.63) is 111 Å². The van der Waals surface area contributed by atoms with E-state index in [-0.39, 0.29) is 12.1 Å². The summed E-state index contributed by atoms with van der Waals surface area (Å²) < 4.78 is 8.52.